The van der Waals surface area contributed by atoms with Crippen molar-refractivity contribution >= 4 is 40.1 Å². The normalized spacial score (nSPS) is 17.4. The number of rotatable bonds is 8. The fourth-order valence-corrected chi connectivity index (χ4v) is 4.56. The third-order valence-electron chi connectivity index (χ3n) is 5.10. The van der Waals surface area contributed by atoms with Gasteiger partial charge in [0.2, 0.25) is 11.8 Å². The Morgan fingerprint density at radius 2 is 1.81 bits per heavy atom. The fraction of sp³-hybridized carbons (Fsp3) is 0.375. The van der Waals surface area contributed by atoms with Gasteiger partial charge in [-0.25, -0.2) is 4.99 Å². The van der Waals surface area contributed by atoms with Crippen LogP contribution in [0.5, 0.6) is 0 Å². The van der Waals surface area contributed by atoms with E-state index in [2.05, 4.69) is 5.32 Å². The Labute approximate surface area is 188 Å². The number of hydrogen-bond donors (Lipinski definition) is 1. The molecule has 0 aliphatic carbocycles. The fourth-order valence-electron chi connectivity index (χ4n) is 3.39. The molecule has 1 unspecified atom stereocenters. The standard InChI is InChI=1S/C24H29N3O3S/c1-16-9-11-19(12-10-16)25-21(28)15-20-23(29)27(13-6-14-30-4)24(31-20)26-22-17(2)7-5-8-18(22)3/h5,7-12,20H,6,13-15H2,1-4H3,(H,25,28). The van der Waals surface area contributed by atoms with Crippen molar-refractivity contribution in [1.29, 1.82) is 0 Å². The molecule has 0 saturated carbocycles. The van der Waals surface area contributed by atoms with E-state index in [0.717, 1.165) is 28.1 Å². The van der Waals surface area contributed by atoms with Crippen LogP contribution < -0.4 is 5.32 Å². The zero-order chi connectivity index (χ0) is 22.4. The van der Waals surface area contributed by atoms with Gasteiger partial charge in [0.1, 0.15) is 5.25 Å². The van der Waals surface area contributed by atoms with Gasteiger partial charge in [0.25, 0.3) is 0 Å². The molecule has 0 aromatic heterocycles. The summed E-state index contributed by atoms with van der Waals surface area (Å²) < 4.78 is 5.15. The average Bonchev–Trinajstić information content (AvgIpc) is 3.01. The molecule has 1 heterocycles. The first-order valence-corrected chi connectivity index (χ1v) is 11.3. The van der Waals surface area contributed by atoms with Crippen LogP contribution >= 0.6 is 11.8 Å². The lowest BCUT2D eigenvalue weighted by atomic mass is 10.1. The summed E-state index contributed by atoms with van der Waals surface area (Å²) >= 11 is 1.36. The molecule has 1 aliphatic heterocycles. The van der Waals surface area contributed by atoms with E-state index in [0.29, 0.717) is 24.7 Å². The molecule has 7 heteroatoms. The van der Waals surface area contributed by atoms with Gasteiger partial charge in [-0.15, -0.1) is 0 Å². The SMILES string of the molecule is COCCCN1C(=O)C(CC(=O)Nc2ccc(C)cc2)SC1=Nc1c(C)cccc1C. The van der Waals surface area contributed by atoms with Gasteiger partial charge in [0.05, 0.1) is 5.69 Å². The number of hydrogen-bond acceptors (Lipinski definition) is 5. The van der Waals surface area contributed by atoms with Crippen LogP contribution in [0.15, 0.2) is 47.5 Å². The number of ether oxygens (including phenoxy) is 1. The largest absolute Gasteiger partial charge is 0.385 e. The van der Waals surface area contributed by atoms with Gasteiger partial charge in [-0.1, -0.05) is 47.7 Å². The van der Waals surface area contributed by atoms with Crippen molar-refractivity contribution in [2.75, 3.05) is 25.6 Å². The first-order chi connectivity index (χ1) is 14.9. The molecule has 2 aromatic rings. The Morgan fingerprint density at radius 3 is 2.45 bits per heavy atom. The number of carbonyl (C=O) groups is 2. The number of aliphatic imine (C=N–C) groups is 1. The molecule has 2 amide bonds. The molecule has 2 aromatic carbocycles. The second kappa shape index (κ2) is 10.6. The first kappa shape index (κ1) is 23.0. The van der Waals surface area contributed by atoms with Crippen LogP contribution in [0, 0.1) is 20.8 Å². The smallest absolute Gasteiger partial charge is 0.242 e. The summed E-state index contributed by atoms with van der Waals surface area (Å²) in [5.74, 6) is -0.259. The van der Waals surface area contributed by atoms with Crippen LogP contribution in [0.1, 0.15) is 29.5 Å². The lowest BCUT2D eigenvalue weighted by molar-refractivity contribution is -0.128. The van der Waals surface area contributed by atoms with E-state index in [4.69, 9.17) is 9.73 Å². The van der Waals surface area contributed by atoms with Crippen LogP contribution in [0.3, 0.4) is 0 Å². The van der Waals surface area contributed by atoms with Crippen molar-refractivity contribution < 1.29 is 14.3 Å². The Bertz CT molecular complexity index is 952. The number of benzene rings is 2. The van der Waals surface area contributed by atoms with Crippen molar-refractivity contribution in [1.82, 2.24) is 4.90 Å². The molecular formula is C24H29N3O3S. The highest BCUT2D eigenvalue weighted by Crippen LogP contribution is 2.34. The monoisotopic (exact) mass is 439 g/mol. The number of nitrogens with zero attached hydrogens (tertiary/aromatic N) is 2. The molecule has 0 bridgehead atoms. The van der Waals surface area contributed by atoms with Gasteiger partial charge in [-0.2, -0.15) is 0 Å². The number of nitrogens with one attached hydrogen (secondary N) is 1. The van der Waals surface area contributed by atoms with E-state index >= 15 is 0 Å². The van der Waals surface area contributed by atoms with E-state index in [1.807, 2.05) is 63.2 Å². The number of amides is 2. The van der Waals surface area contributed by atoms with Gasteiger partial charge in [-0.05, 0) is 50.5 Å². The maximum absolute atomic E-state index is 13.1. The summed E-state index contributed by atoms with van der Waals surface area (Å²) in [5, 5.41) is 3.04. The minimum atomic E-state index is -0.490. The van der Waals surface area contributed by atoms with Crippen LogP contribution in [-0.2, 0) is 14.3 Å². The Balaban J connectivity index is 1.77. The molecule has 1 fully saturated rings. The Morgan fingerprint density at radius 1 is 1.13 bits per heavy atom. The molecule has 31 heavy (non-hydrogen) atoms. The predicted octanol–water partition coefficient (Wildman–Crippen LogP) is 4.61. The van der Waals surface area contributed by atoms with Crippen molar-refractivity contribution in [3.05, 3.63) is 59.2 Å². The Kier molecular flexibility index (Phi) is 7.87. The molecule has 0 radical (unpaired) electrons. The van der Waals surface area contributed by atoms with Crippen LogP contribution in [0.2, 0.25) is 0 Å². The van der Waals surface area contributed by atoms with E-state index < -0.39 is 5.25 Å². The summed E-state index contributed by atoms with van der Waals surface area (Å²) in [4.78, 5) is 32.2. The predicted molar refractivity (Wildman–Crippen MR) is 127 cm³/mol. The zero-order valence-corrected chi connectivity index (χ0v) is 19.3. The van der Waals surface area contributed by atoms with E-state index in [1.54, 1.807) is 12.0 Å². The van der Waals surface area contributed by atoms with Gasteiger partial charge in [-0.3, -0.25) is 14.5 Å². The summed E-state index contributed by atoms with van der Waals surface area (Å²) in [6.07, 6.45) is 0.806. The highest BCUT2D eigenvalue weighted by molar-refractivity contribution is 8.15. The highest BCUT2D eigenvalue weighted by atomic mass is 32.2. The maximum atomic E-state index is 13.1. The van der Waals surface area contributed by atoms with Crippen LogP contribution in [-0.4, -0.2) is 47.4 Å². The van der Waals surface area contributed by atoms with Crippen molar-refractivity contribution in [3.63, 3.8) is 0 Å². The number of carbonyl (C=O) groups excluding carboxylic acids is 2. The summed E-state index contributed by atoms with van der Waals surface area (Å²) in [6, 6.07) is 13.6. The maximum Gasteiger partial charge on any atom is 0.242 e. The van der Waals surface area contributed by atoms with Gasteiger partial charge in [0, 0.05) is 32.4 Å². The van der Waals surface area contributed by atoms with E-state index in [-0.39, 0.29) is 18.2 Å². The number of aryl methyl sites for hydroxylation is 3. The number of para-hydroxylation sites is 1. The third-order valence-corrected chi connectivity index (χ3v) is 6.28. The molecule has 1 aliphatic rings. The van der Waals surface area contributed by atoms with E-state index in [1.165, 1.54) is 11.8 Å². The Hall–Kier alpha value is -2.64. The minimum Gasteiger partial charge on any atom is -0.385 e. The number of thioether (sulfide) groups is 1. The van der Waals surface area contributed by atoms with Gasteiger partial charge < -0.3 is 10.1 Å². The topological polar surface area (TPSA) is 71.0 Å². The molecule has 1 atom stereocenters. The first-order valence-electron chi connectivity index (χ1n) is 10.4. The average molecular weight is 440 g/mol. The zero-order valence-electron chi connectivity index (χ0n) is 18.5. The molecule has 6 nitrogen and oxygen atoms in total. The summed E-state index contributed by atoms with van der Waals surface area (Å²) in [5.41, 5.74) is 4.83. The van der Waals surface area contributed by atoms with E-state index in [9.17, 15) is 9.59 Å². The molecule has 0 spiro atoms. The summed E-state index contributed by atoms with van der Waals surface area (Å²) in [7, 11) is 1.64. The minimum absolute atomic E-state index is 0.0786. The molecule has 164 valence electrons. The van der Waals surface area contributed by atoms with Crippen molar-refractivity contribution in [2.45, 2.75) is 38.9 Å². The highest BCUT2D eigenvalue weighted by Gasteiger charge is 2.39. The lowest BCUT2D eigenvalue weighted by Crippen LogP contribution is -2.34. The van der Waals surface area contributed by atoms with Crippen LogP contribution in [0.25, 0.3) is 0 Å². The second-order valence-corrected chi connectivity index (χ2v) is 8.87. The number of methoxy groups -OCH3 is 1. The lowest BCUT2D eigenvalue weighted by Gasteiger charge is -2.17. The van der Waals surface area contributed by atoms with Gasteiger partial charge >= 0.3 is 0 Å². The van der Waals surface area contributed by atoms with Crippen molar-refractivity contribution in [3.8, 4) is 0 Å². The number of amidine groups is 1. The molecule has 1 saturated heterocycles. The molecular weight excluding hydrogens is 410 g/mol. The van der Waals surface area contributed by atoms with Crippen molar-refractivity contribution in [2.24, 2.45) is 4.99 Å². The number of anilines is 1. The third kappa shape index (κ3) is 5.95. The van der Waals surface area contributed by atoms with Crippen LogP contribution in [0.4, 0.5) is 11.4 Å². The van der Waals surface area contributed by atoms with Gasteiger partial charge in [0.15, 0.2) is 5.17 Å². The molecule has 1 N–H and O–H groups in total. The quantitative estimate of drug-likeness (QED) is 0.610. The summed E-state index contributed by atoms with van der Waals surface area (Å²) in [6.45, 7) is 7.09. The second-order valence-electron chi connectivity index (χ2n) is 7.70. The molecule has 3 rings (SSSR count).